The number of carbonyl (C=O) groups excluding carboxylic acids is 2. The lowest BCUT2D eigenvalue weighted by Crippen LogP contribution is -2.37. The number of H-pyrrole nitrogens is 1. The van der Waals surface area contributed by atoms with Gasteiger partial charge in [-0.1, -0.05) is 31.4 Å². The molecule has 1 aromatic carbocycles. The predicted octanol–water partition coefficient (Wildman–Crippen LogP) is 3.65. The molecule has 3 aromatic rings. The summed E-state index contributed by atoms with van der Waals surface area (Å²) in [5.41, 5.74) is 2.53. The third-order valence-corrected chi connectivity index (χ3v) is 7.19. The minimum atomic E-state index is -0.514. The molecule has 0 atom stereocenters. The van der Waals surface area contributed by atoms with E-state index >= 15 is 0 Å². The maximum Gasteiger partial charge on any atom is 0.256 e. The lowest BCUT2D eigenvalue weighted by atomic mass is 9.89. The van der Waals surface area contributed by atoms with Gasteiger partial charge in [0.2, 0.25) is 5.43 Å². The lowest BCUT2D eigenvalue weighted by Gasteiger charge is -2.21. The van der Waals surface area contributed by atoms with Crippen molar-refractivity contribution in [1.82, 2.24) is 25.2 Å². The molecule has 0 radical (unpaired) electrons. The SMILES string of the molecule is Cc1cccc2[nH]c(CCNC(=O)c3cn(C4CC4)cc(C(=O)NCC4CCCCC4)c3=O)nc12. The molecule has 8 nitrogen and oxygen atoms in total. The molecule has 2 aromatic heterocycles. The summed E-state index contributed by atoms with van der Waals surface area (Å²) in [5.74, 6) is 0.397. The number of aromatic nitrogens is 3. The van der Waals surface area contributed by atoms with E-state index < -0.39 is 11.3 Å². The molecule has 2 fully saturated rings. The molecule has 2 amide bonds. The van der Waals surface area contributed by atoms with Gasteiger partial charge in [0, 0.05) is 37.9 Å². The molecule has 5 rings (SSSR count). The van der Waals surface area contributed by atoms with Gasteiger partial charge in [-0.15, -0.1) is 0 Å². The number of nitrogens with one attached hydrogen (secondary N) is 3. The number of hydrogen-bond acceptors (Lipinski definition) is 4. The number of aryl methyl sites for hydroxylation is 1. The number of hydrogen-bond donors (Lipinski definition) is 3. The van der Waals surface area contributed by atoms with Crippen LogP contribution in [0.1, 0.15) is 83.1 Å². The first-order valence-corrected chi connectivity index (χ1v) is 12.8. The van der Waals surface area contributed by atoms with Crippen molar-refractivity contribution in [3.63, 3.8) is 0 Å². The highest BCUT2D eigenvalue weighted by Gasteiger charge is 2.27. The Labute approximate surface area is 204 Å². The van der Waals surface area contributed by atoms with Gasteiger partial charge in [-0.3, -0.25) is 14.4 Å². The van der Waals surface area contributed by atoms with Crippen molar-refractivity contribution >= 4 is 22.8 Å². The normalized spacial score (nSPS) is 16.4. The average Bonchev–Trinajstić information content (AvgIpc) is 3.63. The van der Waals surface area contributed by atoms with Crippen LogP contribution in [0.15, 0.2) is 35.4 Å². The van der Waals surface area contributed by atoms with Crippen LogP contribution in [0.3, 0.4) is 0 Å². The maximum atomic E-state index is 13.1. The van der Waals surface area contributed by atoms with Crippen molar-refractivity contribution < 1.29 is 9.59 Å². The van der Waals surface area contributed by atoms with Crippen LogP contribution in [-0.2, 0) is 6.42 Å². The number of pyridine rings is 1. The van der Waals surface area contributed by atoms with Crippen LogP contribution < -0.4 is 16.1 Å². The largest absolute Gasteiger partial charge is 0.352 e. The average molecular weight is 476 g/mol. The molecule has 0 saturated heterocycles. The molecular weight excluding hydrogens is 442 g/mol. The Morgan fingerprint density at radius 2 is 1.74 bits per heavy atom. The van der Waals surface area contributed by atoms with Crippen LogP contribution in [0.5, 0.6) is 0 Å². The third kappa shape index (κ3) is 5.31. The standard InChI is InChI=1S/C27H33N5O3/c1-17-6-5-9-22-24(17)31-23(30-22)12-13-28-26(34)20-15-32(19-10-11-19)16-21(25(20)33)27(35)29-14-18-7-3-2-4-8-18/h5-6,9,15-16,18-19H,2-4,7-8,10-14H2,1H3,(H,28,34)(H,29,35)(H,30,31). The number of amides is 2. The van der Waals surface area contributed by atoms with Crippen LogP contribution in [0.4, 0.5) is 0 Å². The summed E-state index contributed by atoms with van der Waals surface area (Å²) in [4.78, 5) is 46.9. The van der Waals surface area contributed by atoms with Crippen LogP contribution in [0.25, 0.3) is 11.0 Å². The molecule has 0 unspecified atom stereocenters. The van der Waals surface area contributed by atoms with Crippen molar-refractivity contribution in [2.45, 2.75) is 64.3 Å². The van der Waals surface area contributed by atoms with E-state index in [1.165, 1.54) is 19.3 Å². The van der Waals surface area contributed by atoms with E-state index in [2.05, 4.69) is 20.6 Å². The van der Waals surface area contributed by atoms with Crippen LogP contribution in [0.2, 0.25) is 0 Å². The Morgan fingerprint density at radius 1 is 1.03 bits per heavy atom. The van der Waals surface area contributed by atoms with Crippen LogP contribution in [-0.4, -0.2) is 39.4 Å². The molecule has 0 spiro atoms. The molecule has 2 aliphatic rings. The first kappa shape index (κ1) is 23.3. The number of benzene rings is 1. The van der Waals surface area contributed by atoms with Gasteiger partial charge in [-0.25, -0.2) is 4.98 Å². The van der Waals surface area contributed by atoms with Crippen molar-refractivity contribution in [3.8, 4) is 0 Å². The Bertz CT molecular complexity index is 1300. The van der Waals surface area contributed by atoms with Gasteiger partial charge in [-0.05, 0) is 50.2 Å². The first-order chi connectivity index (χ1) is 17.0. The van der Waals surface area contributed by atoms with E-state index in [-0.39, 0.29) is 23.1 Å². The number of nitrogens with zero attached hydrogens (tertiary/aromatic N) is 2. The molecular formula is C27H33N5O3. The molecule has 35 heavy (non-hydrogen) atoms. The molecule has 184 valence electrons. The highest BCUT2D eigenvalue weighted by molar-refractivity contribution is 5.99. The second-order valence-electron chi connectivity index (χ2n) is 9.97. The molecule has 2 saturated carbocycles. The summed E-state index contributed by atoms with van der Waals surface area (Å²) in [7, 11) is 0. The van der Waals surface area contributed by atoms with Gasteiger partial charge in [-0.2, -0.15) is 0 Å². The van der Waals surface area contributed by atoms with E-state index in [1.54, 1.807) is 12.4 Å². The van der Waals surface area contributed by atoms with Gasteiger partial charge in [0.25, 0.3) is 11.8 Å². The second kappa shape index (κ2) is 10.1. The van der Waals surface area contributed by atoms with Crippen LogP contribution in [0, 0.1) is 12.8 Å². The first-order valence-electron chi connectivity index (χ1n) is 12.8. The Kier molecular flexibility index (Phi) is 6.70. The number of para-hydroxylation sites is 1. The highest BCUT2D eigenvalue weighted by Crippen LogP contribution is 2.34. The molecule has 0 bridgehead atoms. The van der Waals surface area contributed by atoms with E-state index in [0.717, 1.165) is 48.1 Å². The van der Waals surface area contributed by atoms with Gasteiger partial charge in [0.15, 0.2) is 0 Å². The Morgan fingerprint density at radius 3 is 2.43 bits per heavy atom. The van der Waals surface area contributed by atoms with Crippen molar-refractivity contribution in [3.05, 3.63) is 63.3 Å². The summed E-state index contributed by atoms with van der Waals surface area (Å²) < 4.78 is 1.86. The smallest absolute Gasteiger partial charge is 0.256 e. The summed E-state index contributed by atoms with van der Waals surface area (Å²) >= 11 is 0. The minimum Gasteiger partial charge on any atom is -0.352 e. The van der Waals surface area contributed by atoms with Gasteiger partial charge in [0.05, 0.1) is 11.0 Å². The molecule has 2 aliphatic carbocycles. The quantitative estimate of drug-likeness (QED) is 0.462. The zero-order chi connectivity index (χ0) is 24.4. The topological polar surface area (TPSA) is 109 Å². The second-order valence-corrected chi connectivity index (χ2v) is 9.97. The summed E-state index contributed by atoms with van der Waals surface area (Å²) in [5, 5.41) is 5.79. The molecule has 3 N–H and O–H groups in total. The zero-order valence-electron chi connectivity index (χ0n) is 20.2. The monoisotopic (exact) mass is 475 g/mol. The van der Waals surface area contributed by atoms with E-state index in [9.17, 15) is 14.4 Å². The fourth-order valence-corrected chi connectivity index (χ4v) is 4.96. The maximum absolute atomic E-state index is 13.1. The van der Waals surface area contributed by atoms with Crippen molar-refractivity contribution in [1.29, 1.82) is 0 Å². The predicted molar refractivity (Wildman–Crippen MR) is 135 cm³/mol. The van der Waals surface area contributed by atoms with Crippen LogP contribution >= 0.6 is 0 Å². The lowest BCUT2D eigenvalue weighted by molar-refractivity contribution is 0.0941. The van der Waals surface area contributed by atoms with E-state index in [4.69, 9.17) is 0 Å². The molecule has 8 heteroatoms. The number of aromatic amines is 1. The van der Waals surface area contributed by atoms with Gasteiger partial charge in [0.1, 0.15) is 17.0 Å². The minimum absolute atomic E-state index is 0.0164. The summed E-state index contributed by atoms with van der Waals surface area (Å²) in [6.45, 7) is 2.92. The van der Waals surface area contributed by atoms with E-state index in [1.807, 2.05) is 29.7 Å². The van der Waals surface area contributed by atoms with Gasteiger partial charge >= 0.3 is 0 Å². The Hall–Kier alpha value is -3.42. The molecule has 2 heterocycles. The number of carbonyl (C=O) groups is 2. The highest BCUT2D eigenvalue weighted by atomic mass is 16.2. The van der Waals surface area contributed by atoms with Crippen molar-refractivity contribution in [2.75, 3.05) is 13.1 Å². The number of fused-ring (bicyclic) bond motifs is 1. The number of imidazole rings is 1. The van der Waals surface area contributed by atoms with Gasteiger partial charge < -0.3 is 20.2 Å². The fraction of sp³-hybridized carbons (Fsp3) is 0.481. The molecule has 0 aliphatic heterocycles. The van der Waals surface area contributed by atoms with E-state index in [0.29, 0.717) is 25.4 Å². The Balaban J connectivity index is 1.27. The van der Waals surface area contributed by atoms with Crippen molar-refractivity contribution in [2.24, 2.45) is 5.92 Å². The summed E-state index contributed by atoms with van der Waals surface area (Å²) in [6, 6.07) is 6.20. The fourth-order valence-electron chi connectivity index (χ4n) is 4.96. The number of rotatable bonds is 8. The summed E-state index contributed by atoms with van der Waals surface area (Å²) in [6.07, 6.45) is 11.6. The zero-order valence-corrected chi connectivity index (χ0v) is 20.2. The third-order valence-electron chi connectivity index (χ3n) is 7.19.